The Morgan fingerprint density at radius 3 is 2.20 bits per heavy atom. The third-order valence-corrected chi connectivity index (χ3v) is 7.12. The first-order chi connectivity index (χ1) is 14.2. The fourth-order valence-corrected chi connectivity index (χ4v) is 5.66. The van der Waals surface area contributed by atoms with E-state index < -0.39 is 33.3 Å². The van der Waals surface area contributed by atoms with Crippen LogP contribution >= 0.6 is 0 Å². The van der Waals surface area contributed by atoms with Gasteiger partial charge in [0.2, 0.25) is 10.0 Å². The number of hydrogen-bond acceptors (Lipinski definition) is 8. The average Bonchev–Trinajstić information content (AvgIpc) is 3.36. The molecule has 2 aromatic rings. The minimum absolute atomic E-state index is 0.0851. The van der Waals surface area contributed by atoms with Crippen molar-refractivity contribution >= 4 is 27.8 Å². The summed E-state index contributed by atoms with van der Waals surface area (Å²) < 4.78 is 33.3. The number of benzene rings is 1. The summed E-state index contributed by atoms with van der Waals surface area (Å²) in [4.78, 5) is 43.0. The number of sulfonamides is 1. The van der Waals surface area contributed by atoms with Gasteiger partial charge < -0.3 is 9.36 Å². The number of fused-ring (bicyclic) bond motifs is 1. The molecule has 1 saturated carbocycles. The van der Waals surface area contributed by atoms with Gasteiger partial charge in [-0.15, -0.1) is 0 Å². The van der Waals surface area contributed by atoms with Crippen LogP contribution in [0.15, 0.2) is 33.7 Å². The van der Waals surface area contributed by atoms with Gasteiger partial charge >= 0.3 is 5.97 Å². The molecular weight excluding hydrogens is 414 g/mol. The highest BCUT2D eigenvalue weighted by Crippen LogP contribution is 2.34. The van der Waals surface area contributed by atoms with E-state index in [0.29, 0.717) is 17.9 Å². The maximum Gasteiger partial charge on any atom is 0.354 e. The second-order valence-corrected chi connectivity index (χ2v) is 9.00. The molecule has 30 heavy (non-hydrogen) atoms. The van der Waals surface area contributed by atoms with Crippen LogP contribution < -0.4 is 4.72 Å². The number of aromatic nitrogens is 1. The number of imide groups is 1. The van der Waals surface area contributed by atoms with E-state index in [1.54, 1.807) is 12.1 Å². The molecule has 0 saturated heterocycles. The molecule has 10 nitrogen and oxygen atoms in total. The number of carbonyl (C=O) groups is 3. The largest absolute Gasteiger partial charge is 0.360 e. The Labute approximate surface area is 172 Å². The fraction of sp³-hybridized carbons (Fsp3) is 0.368. The highest BCUT2D eigenvalue weighted by molar-refractivity contribution is 7.89. The van der Waals surface area contributed by atoms with Gasteiger partial charge in [0.05, 0.1) is 11.1 Å². The SMILES string of the molecule is Cc1noc(C)c1S(=O)(=O)NC1(C(=O)ON2C(=O)c3ccccc3C2=O)CCCC1. The number of amides is 2. The molecule has 0 bridgehead atoms. The van der Waals surface area contributed by atoms with Crippen LogP contribution in [0.25, 0.3) is 0 Å². The van der Waals surface area contributed by atoms with Crippen LogP contribution in [0.4, 0.5) is 0 Å². The number of hydroxylamine groups is 2. The molecule has 0 unspecified atom stereocenters. The molecule has 0 atom stereocenters. The number of hydrogen-bond donors (Lipinski definition) is 1. The zero-order chi connectivity index (χ0) is 21.7. The normalized spacial score (nSPS) is 18.0. The van der Waals surface area contributed by atoms with Crippen molar-refractivity contribution in [3.05, 3.63) is 46.8 Å². The fourth-order valence-electron chi connectivity index (χ4n) is 3.91. The number of aryl methyl sites for hydroxylation is 2. The summed E-state index contributed by atoms with van der Waals surface area (Å²) in [6.45, 7) is 2.93. The van der Waals surface area contributed by atoms with Crippen LogP contribution in [0.5, 0.6) is 0 Å². The predicted molar refractivity (Wildman–Crippen MR) is 101 cm³/mol. The van der Waals surface area contributed by atoms with Crippen molar-refractivity contribution in [2.45, 2.75) is 50.0 Å². The number of carbonyl (C=O) groups excluding carboxylic acids is 3. The van der Waals surface area contributed by atoms with E-state index in [-0.39, 0.29) is 40.3 Å². The van der Waals surface area contributed by atoms with E-state index >= 15 is 0 Å². The summed E-state index contributed by atoms with van der Waals surface area (Å²) in [6, 6.07) is 6.08. The highest BCUT2D eigenvalue weighted by Gasteiger charge is 2.50. The average molecular weight is 433 g/mol. The summed E-state index contributed by atoms with van der Waals surface area (Å²) in [5.74, 6) is -2.47. The molecule has 11 heteroatoms. The van der Waals surface area contributed by atoms with Crippen LogP contribution in [0, 0.1) is 13.8 Å². The Bertz CT molecular complexity index is 1110. The molecular formula is C19H19N3O7S. The topological polar surface area (TPSA) is 136 Å². The Hall–Kier alpha value is -3.05. The molecule has 0 radical (unpaired) electrons. The summed E-state index contributed by atoms with van der Waals surface area (Å²) >= 11 is 0. The standard InChI is InChI=1S/C19H19N3O7S/c1-11-15(12(2)28-20-11)30(26,27)21-19(9-5-6-10-19)18(25)29-22-16(23)13-7-3-4-8-14(13)17(22)24/h3-4,7-8,21H,5-6,9-10H2,1-2H3. The summed E-state index contributed by atoms with van der Waals surface area (Å²) in [6.07, 6.45) is 1.47. The molecule has 0 spiro atoms. The van der Waals surface area contributed by atoms with Crippen molar-refractivity contribution < 1.29 is 32.2 Å². The second kappa shape index (κ2) is 7.03. The van der Waals surface area contributed by atoms with Crippen LogP contribution in [0.3, 0.4) is 0 Å². The monoisotopic (exact) mass is 433 g/mol. The second-order valence-electron chi connectivity index (χ2n) is 7.38. The lowest BCUT2D eigenvalue weighted by molar-refractivity contribution is -0.175. The van der Waals surface area contributed by atoms with Crippen molar-refractivity contribution in [2.24, 2.45) is 0 Å². The Balaban J connectivity index is 1.61. The third kappa shape index (κ3) is 3.10. The summed E-state index contributed by atoms with van der Waals surface area (Å²) in [5, 5.41) is 4.03. The smallest absolute Gasteiger partial charge is 0.354 e. The molecule has 1 N–H and O–H groups in total. The van der Waals surface area contributed by atoms with E-state index in [1.165, 1.54) is 26.0 Å². The van der Waals surface area contributed by atoms with Gasteiger partial charge in [-0.05, 0) is 38.8 Å². The molecule has 1 fully saturated rings. The summed E-state index contributed by atoms with van der Waals surface area (Å²) in [7, 11) is -4.17. The first-order valence-corrected chi connectivity index (χ1v) is 10.8. The van der Waals surface area contributed by atoms with E-state index in [2.05, 4.69) is 9.88 Å². The molecule has 1 aromatic carbocycles. The molecule has 2 amide bonds. The highest BCUT2D eigenvalue weighted by atomic mass is 32.2. The van der Waals surface area contributed by atoms with Gasteiger partial charge in [-0.2, -0.15) is 4.72 Å². The summed E-state index contributed by atoms with van der Waals surface area (Å²) in [5.41, 5.74) is -1.22. The van der Waals surface area contributed by atoms with Gasteiger partial charge in [-0.3, -0.25) is 9.59 Å². The predicted octanol–water partition coefficient (Wildman–Crippen LogP) is 1.64. The van der Waals surface area contributed by atoms with Crippen LogP contribution in [-0.2, 0) is 19.7 Å². The zero-order valence-corrected chi connectivity index (χ0v) is 17.1. The van der Waals surface area contributed by atoms with Gasteiger partial charge in [0, 0.05) is 0 Å². The van der Waals surface area contributed by atoms with Crippen LogP contribution in [-0.4, -0.2) is 42.0 Å². The molecule has 2 heterocycles. The van der Waals surface area contributed by atoms with E-state index in [1.807, 2.05) is 0 Å². The van der Waals surface area contributed by atoms with E-state index in [0.717, 1.165) is 0 Å². The minimum Gasteiger partial charge on any atom is -0.360 e. The number of rotatable bonds is 5. The van der Waals surface area contributed by atoms with Crippen LogP contribution in [0.1, 0.15) is 57.9 Å². The maximum absolute atomic E-state index is 13.0. The molecule has 2 aliphatic rings. The number of nitrogens with zero attached hydrogens (tertiary/aromatic N) is 2. The van der Waals surface area contributed by atoms with Gasteiger partial charge in [-0.25, -0.2) is 13.2 Å². The van der Waals surface area contributed by atoms with Crippen molar-refractivity contribution in [1.29, 1.82) is 0 Å². The van der Waals surface area contributed by atoms with Gasteiger partial charge in [0.25, 0.3) is 11.8 Å². The quantitative estimate of drug-likeness (QED) is 0.703. The lowest BCUT2D eigenvalue weighted by Crippen LogP contribution is -2.55. The molecule has 1 aliphatic carbocycles. The van der Waals surface area contributed by atoms with Crippen molar-refractivity contribution in [3.8, 4) is 0 Å². The maximum atomic E-state index is 13.0. The van der Waals surface area contributed by atoms with Crippen molar-refractivity contribution in [2.75, 3.05) is 0 Å². The zero-order valence-electron chi connectivity index (χ0n) is 16.3. The van der Waals surface area contributed by atoms with E-state index in [9.17, 15) is 22.8 Å². The van der Waals surface area contributed by atoms with Crippen molar-refractivity contribution in [1.82, 2.24) is 14.9 Å². The molecule has 158 valence electrons. The van der Waals surface area contributed by atoms with E-state index in [4.69, 9.17) is 9.36 Å². The Morgan fingerprint density at radius 2 is 1.70 bits per heavy atom. The first-order valence-electron chi connectivity index (χ1n) is 9.33. The van der Waals surface area contributed by atoms with Crippen LogP contribution in [0.2, 0.25) is 0 Å². The van der Waals surface area contributed by atoms with Gasteiger partial charge in [0.15, 0.2) is 5.76 Å². The number of nitrogens with one attached hydrogen (secondary N) is 1. The minimum atomic E-state index is -4.17. The molecule has 1 aliphatic heterocycles. The van der Waals surface area contributed by atoms with Gasteiger partial charge in [0.1, 0.15) is 16.1 Å². The Morgan fingerprint density at radius 1 is 1.13 bits per heavy atom. The lowest BCUT2D eigenvalue weighted by atomic mass is 10.00. The van der Waals surface area contributed by atoms with Crippen molar-refractivity contribution in [3.63, 3.8) is 0 Å². The molecule has 4 rings (SSSR count). The molecule has 1 aromatic heterocycles. The third-order valence-electron chi connectivity index (χ3n) is 5.35. The first kappa shape index (κ1) is 20.2. The Kier molecular flexibility index (Phi) is 4.74. The lowest BCUT2D eigenvalue weighted by Gasteiger charge is -2.28. The van der Waals surface area contributed by atoms with Gasteiger partial charge in [-0.1, -0.05) is 35.2 Å².